The zero-order valence-corrected chi connectivity index (χ0v) is 20.3. The van der Waals surface area contributed by atoms with Gasteiger partial charge in [-0.2, -0.15) is 0 Å². The molecule has 35 heavy (non-hydrogen) atoms. The maximum atomic E-state index is 13.3. The minimum absolute atomic E-state index is 0.000159. The standard InChI is InChI=1S/C29H29NO5/c1-17(2)16-35-24-12-9-20(10-13-24)27(32)25-26(21-6-5-7-23(31)15-21)30(29(34)28(25)33)22-11-8-18(3)19(4)14-22/h5-15,17,26,31-32H,16H2,1-4H3/b27-25+. The third-order valence-corrected chi connectivity index (χ3v) is 6.11. The van der Waals surface area contributed by atoms with Crippen LogP contribution in [0.2, 0.25) is 0 Å². The van der Waals surface area contributed by atoms with E-state index in [-0.39, 0.29) is 17.1 Å². The maximum absolute atomic E-state index is 13.3. The van der Waals surface area contributed by atoms with Crippen LogP contribution in [0.1, 0.15) is 42.1 Å². The molecular formula is C29H29NO5. The number of hydrogen-bond acceptors (Lipinski definition) is 5. The molecule has 4 rings (SSSR count). The molecule has 6 nitrogen and oxygen atoms in total. The first-order valence-corrected chi connectivity index (χ1v) is 11.6. The number of aliphatic hydroxyl groups is 1. The van der Waals surface area contributed by atoms with Gasteiger partial charge in [0.1, 0.15) is 17.3 Å². The number of phenolic OH excluding ortho intramolecular Hbond substituents is 1. The van der Waals surface area contributed by atoms with Gasteiger partial charge in [-0.15, -0.1) is 0 Å². The molecule has 1 aliphatic heterocycles. The van der Waals surface area contributed by atoms with Crippen molar-refractivity contribution in [3.8, 4) is 11.5 Å². The average molecular weight is 472 g/mol. The summed E-state index contributed by atoms with van der Waals surface area (Å²) in [5, 5.41) is 21.4. The Morgan fingerprint density at radius 1 is 0.971 bits per heavy atom. The molecule has 0 aliphatic carbocycles. The predicted molar refractivity (Wildman–Crippen MR) is 136 cm³/mol. The molecule has 1 fully saturated rings. The summed E-state index contributed by atoms with van der Waals surface area (Å²) in [5.41, 5.74) is 3.44. The molecule has 1 aliphatic rings. The lowest BCUT2D eigenvalue weighted by molar-refractivity contribution is -0.132. The molecule has 0 saturated carbocycles. The predicted octanol–water partition coefficient (Wildman–Crippen LogP) is 5.67. The van der Waals surface area contributed by atoms with Crippen molar-refractivity contribution in [3.63, 3.8) is 0 Å². The number of carbonyl (C=O) groups is 2. The monoisotopic (exact) mass is 471 g/mol. The molecule has 1 heterocycles. The molecule has 3 aromatic rings. The van der Waals surface area contributed by atoms with Crippen LogP contribution in [0.15, 0.2) is 72.3 Å². The van der Waals surface area contributed by atoms with Crippen LogP contribution in [0.25, 0.3) is 5.76 Å². The van der Waals surface area contributed by atoms with Crippen LogP contribution >= 0.6 is 0 Å². The van der Waals surface area contributed by atoms with Gasteiger partial charge in [0.05, 0.1) is 18.2 Å². The highest BCUT2D eigenvalue weighted by Gasteiger charge is 2.47. The van der Waals surface area contributed by atoms with Gasteiger partial charge in [0.2, 0.25) is 0 Å². The van der Waals surface area contributed by atoms with E-state index in [9.17, 15) is 19.8 Å². The molecular weight excluding hydrogens is 442 g/mol. The molecule has 1 amide bonds. The number of carbonyl (C=O) groups excluding carboxylic acids is 2. The third-order valence-electron chi connectivity index (χ3n) is 6.11. The van der Waals surface area contributed by atoms with Crippen LogP contribution in [-0.4, -0.2) is 28.5 Å². The number of benzene rings is 3. The van der Waals surface area contributed by atoms with Gasteiger partial charge in [-0.05, 0) is 85.0 Å². The Bertz CT molecular complexity index is 1310. The van der Waals surface area contributed by atoms with Crippen molar-refractivity contribution >= 4 is 23.1 Å². The number of Topliss-reactive ketones (excluding diaryl/α,β-unsaturated/α-hetero) is 1. The Labute approximate surface area is 205 Å². The number of ether oxygens (including phenoxy) is 1. The van der Waals surface area contributed by atoms with E-state index in [4.69, 9.17) is 4.74 Å². The van der Waals surface area contributed by atoms with E-state index in [1.807, 2.05) is 26.0 Å². The summed E-state index contributed by atoms with van der Waals surface area (Å²) in [5.74, 6) is -0.783. The van der Waals surface area contributed by atoms with Gasteiger partial charge in [-0.1, -0.05) is 32.0 Å². The van der Waals surface area contributed by atoms with Gasteiger partial charge in [0.15, 0.2) is 0 Å². The summed E-state index contributed by atoms with van der Waals surface area (Å²) in [6.07, 6.45) is 0. The number of anilines is 1. The van der Waals surface area contributed by atoms with E-state index >= 15 is 0 Å². The van der Waals surface area contributed by atoms with Gasteiger partial charge < -0.3 is 14.9 Å². The van der Waals surface area contributed by atoms with E-state index in [1.165, 1.54) is 17.0 Å². The van der Waals surface area contributed by atoms with Gasteiger partial charge in [-0.25, -0.2) is 0 Å². The highest BCUT2D eigenvalue weighted by Crippen LogP contribution is 2.43. The first-order chi connectivity index (χ1) is 16.7. The third kappa shape index (κ3) is 4.78. The summed E-state index contributed by atoms with van der Waals surface area (Å²) in [4.78, 5) is 27.9. The number of aromatic hydroxyl groups is 1. The van der Waals surface area contributed by atoms with Crippen molar-refractivity contribution < 1.29 is 24.5 Å². The molecule has 0 spiro atoms. The summed E-state index contributed by atoms with van der Waals surface area (Å²) < 4.78 is 5.71. The lowest BCUT2D eigenvalue weighted by atomic mass is 9.94. The largest absolute Gasteiger partial charge is 0.508 e. The highest BCUT2D eigenvalue weighted by atomic mass is 16.5. The fraction of sp³-hybridized carbons (Fsp3) is 0.241. The number of ketones is 1. The van der Waals surface area contributed by atoms with Gasteiger partial charge in [0.25, 0.3) is 11.7 Å². The van der Waals surface area contributed by atoms with Crippen LogP contribution in [-0.2, 0) is 9.59 Å². The highest BCUT2D eigenvalue weighted by molar-refractivity contribution is 6.51. The number of rotatable bonds is 6. The van der Waals surface area contributed by atoms with Crippen LogP contribution in [0.3, 0.4) is 0 Å². The van der Waals surface area contributed by atoms with Crippen molar-refractivity contribution in [2.24, 2.45) is 5.92 Å². The molecule has 180 valence electrons. The number of amides is 1. The average Bonchev–Trinajstić information content (AvgIpc) is 3.10. The van der Waals surface area contributed by atoms with Crippen molar-refractivity contribution in [1.29, 1.82) is 0 Å². The maximum Gasteiger partial charge on any atom is 0.300 e. The van der Waals surface area contributed by atoms with E-state index in [0.717, 1.165) is 11.1 Å². The molecule has 3 aromatic carbocycles. The Morgan fingerprint density at radius 3 is 2.31 bits per heavy atom. The zero-order chi connectivity index (χ0) is 25.3. The molecule has 1 saturated heterocycles. The lowest BCUT2D eigenvalue weighted by Crippen LogP contribution is -2.29. The number of nitrogens with zero attached hydrogens (tertiary/aromatic N) is 1. The molecule has 1 unspecified atom stereocenters. The first kappa shape index (κ1) is 24.1. The molecule has 2 N–H and O–H groups in total. The Kier molecular flexibility index (Phi) is 6.65. The van der Waals surface area contributed by atoms with E-state index in [1.54, 1.807) is 42.5 Å². The smallest absolute Gasteiger partial charge is 0.300 e. The van der Waals surface area contributed by atoms with E-state index in [0.29, 0.717) is 35.1 Å². The molecule has 6 heteroatoms. The van der Waals surface area contributed by atoms with E-state index in [2.05, 4.69) is 13.8 Å². The lowest BCUT2D eigenvalue weighted by Gasteiger charge is -2.26. The summed E-state index contributed by atoms with van der Waals surface area (Å²) in [7, 11) is 0. The number of aryl methyl sites for hydroxylation is 2. The second-order valence-corrected chi connectivity index (χ2v) is 9.26. The van der Waals surface area contributed by atoms with Gasteiger partial charge in [0, 0.05) is 11.3 Å². The molecule has 1 atom stereocenters. The molecule has 0 aromatic heterocycles. The Hall–Kier alpha value is -4.06. The summed E-state index contributed by atoms with van der Waals surface area (Å²) in [6, 6.07) is 17.8. The second-order valence-electron chi connectivity index (χ2n) is 9.26. The van der Waals surface area contributed by atoms with Crippen molar-refractivity contribution in [1.82, 2.24) is 0 Å². The van der Waals surface area contributed by atoms with Crippen molar-refractivity contribution in [2.75, 3.05) is 11.5 Å². The number of aliphatic hydroxyl groups excluding tert-OH is 1. The van der Waals surface area contributed by atoms with Crippen molar-refractivity contribution in [3.05, 3.63) is 94.6 Å². The first-order valence-electron chi connectivity index (χ1n) is 11.6. The summed E-state index contributed by atoms with van der Waals surface area (Å²) in [6.45, 7) is 8.56. The minimum Gasteiger partial charge on any atom is -0.508 e. The Balaban J connectivity index is 1.84. The normalized spacial score (nSPS) is 17.3. The quantitative estimate of drug-likeness (QED) is 0.275. The van der Waals surface area contributed by atoms with Crippen LogP contribution in [0.5, 0.6) is 11.5 Å². The topological polar surface area (TPSA) is 87.1 Å². The van der Waals surface area contributed by atoms with Crippen molar-refractivity contribution in [2.45, 2.75) is 33.7 Å². The molecule has 0 bridgehead atoms. The second kappa shape index (κ2) is 9.66. The fourth-order valence-electron chi connectivity index (χ4n) is 4.11. The van der Waals surface area contributed by atoms with Crippen LogP contribution in [0, 0.1) is 19.8 Å². The van der Waals surface area contributed by atoms with Gasteiger partial charge >= 0.3 is 0 Å². The number of phenols is 1. The SMILES string of the molecule is Cc1ccc(N2C(=O)C(=O)/C(=C(/O)c3ccc(OCC(C)C)cc3)C2c2cccc(O)c2)cc1C. The van der Waals surface area contributed by atoms with Gasteiger partial charge in [-0.3, -0.25) is 14.5 Å². The van der Waals surface area contributed by atoms with E-state index < -0.39 is 17.7 Å². The fourth-order valence-corrected chi connectivity index (χ4v) is 4.11. The van der Waals surface area contributed by atoms with Crippen LogP contribution in [0.4, 0.5) is 5.69 Å². The molecule has 0 radical (unpaired) electrons. The Morgan fingerprint density at radius 2 is 1.69 bits per heavy atom. The van der Waals surface area contributed by atoms with Crippen LogP contribution < -0.4 is 9.64 Å². The number of hydrogen-bond donors (Lipinski definition) is 2. The minimum atomic E-state index is -0.902. The summed E-state index contributed by atoms with van der Waals surface area (Å²) >= 11 is 0. The zero-order valence-electron chi connectivity index (χ0n) is 20.3.